The van der Waals surface area contributed by atoms with Crippen molar-refractivity contribution < 1.29 is 125 Å². The Hall–Kier alpha value is -4.25. The Morgan fingerprint density at radius 3 is 1.53 bits per heavy atom. The number of ether oxygens (including phenoxy) is 5. The molecule has 2 saturated heterocycles. The number of amides is 2. The van der Waals surface area contributed by atoms with Crippen LogP contribution < -0.4 is 0 Å². The molecule has 72 heavy (non-hydrogen) atoms. The van der Waals surface area contributed by atoms with Crippen molar-refractivity contribution in [3.8, 4) is 0 Å². The molecular formula is C43H46F21NO7. The standard InChI is InChI=1S/C42H42F21NO7.CH4/c1-3-68-15-13-25-21-24(10-12-28-30-29(27(71-28)11-9-23-7-5-4-6-8-23)31(65)64(32(30)66)14-16-69-19-20-70-18-17-67-2)22-26(25)33(43,44)34(45,46)35(47,48)36(49,50)37(51,52)38(53,54)39(55,56)40(57,58)41(59,60)42(61,62)63;/h4-13,15,24-30H,3,14,16-22H2,1-2H3;1H4/b11-9-,12-10+,15-13-;/t24?,25?,26?,27?,28?,29-,30+;/m0./s1. The van der Waals surface area contributed by atoms with E-state index in [1.54, 1.807) is 30.3 Å². The third kappa shape index (κ3) is 10.8. The first-order valence-corrected chi connectivity index (χ1v) is 20.8. The van der Waals surface area contributed by atoms with E-state index in [9.17, 15) is 75.4 Å². The number of hydrogen-bond donors (Lipinski definition) is 0. The van der Waals surface area contributed by atoms with Gasteiger partial charge in [0.1, 0.15) is 0 Å². The van der Waals surface area contributed by atoms with Gasteiger partial charge in [-0.05, 0) is 43.2 Å². The molecule has 1 saturated carbocycles. The highest BCUT2D eigenvalue weighted by molar-refractivity contribution is 6.06. The van der Waals surface area contributed by atoms with Gasteiger partial charge in [0.2, 0.25) is 11.8 Å². The molecule has 0 radical (unpaired) electrons. The second-order valence-electron chi connectivity index (χ2n) is 16.3. The van der Waals surface area contributed by atoms with E-state index in [0.717, 1.165) is 17.1 Å². The van der Waals surface area contributed by atoms with Crippen molar-refractivity contribution in [1.29, 1.82) is 0 Å². The number of fused-ring (bicyclic) bond motifs is 1. The molecule has 5 unspecified atom stereocenters. The second-order valence-corrected chi connectivity index (χ2v) is 16.3. The third-order valence-corrected chi connectivity index (χ3v) is 11.9. The summed E-state index contributed by atoms with van der Waals surface area (Å²) in [7, 11) is 1.44. The van der Waals surface area contributed by atoms with E-state index in [2.05, 4.69) is 0 Å². The van der Waals surface area contributed by atoms with E-state index >= 15 is 26.3 Å². The lowest BCUT2D eigenvalue weighted by Gasteiger charge is -2.45. The molecule has 0 N–H and O–H groups in total. The molecule has 29 heteroatoms. The van der Waals surface area contributed by atoms with Gasteiger partial charge >= 0.3 is 59.5 Å². The van der Waals surface area contributed by atoms with Crippen LogP contribution in [-0.2, 0) is 33.3 Å². The molecule has 7 atom stereocenters. The summed E-state index contributed by atoms with van der Waals surface area (Å²) in [5.74, 6) is -89.7. The smallest absolute Gasteiger partial charge is 0.460 e. The first kappa shape index (κ1) is 62.0. The molecule has 1 aliphatic carbocycles. The van der Waals surface area contributed by atoms with Gasteiger partial charge in [-0.15, -0.1) is 0 Å². The van der Waals surface area contributed by atoms with E-state index in [-0.39, 0.29) is 53.6 Å². The molecule has 2 aliphatic heterocycles. The Balaban J connectivity index is 0.0000137. The van der Waals surface area contributed by atoms with Gasteiger partial charge in [0, 0.05) is 13.0 Å². The van der Waals surface area contributed by atoms with Gasteiger partial charge < -0.3 is 23.7 Å². The van der Waals surface area contributed by atoms with Gasteiger partial charge in [-0.25, -0.2) is 0 Å². The van der Waals surface area contributed by atoms with Crippen molar-refractivity contribution in [2.24, 2.45) is 29.6 Å². The van der Waals surface area contributed by atoms with Crippen LogP contribution in [0.5, 0.6) is 0 Å². The molecule has 2 heterocycles. The quantitative estimate of drug-likeness (QED) is 0.0317. The van der Waals surface area contributed by atoms with Gasteiger partial charge in [0.25, 0.3) is 0 Å². The summed E-state index contributed by atoms with van der Waals surface area (Å²) < 4.78 is 325. The predicted molar refractivity (Wildman–Crippen MR) is 208 cm³/mol. The Morgan fingerprint density at radius 1 is 0.583 bits per heavy atom. The average Bonchev–Trinajstić information content (AvgIpc) is 3.94. The number of nitrogens with zero attached hydrogens (tertiary/aromatic N) is 1. The molecule has 0 aromatic heterocycles. The number of methoxy groups -OCH3 is 1. The average molecular weight is 1090 g/mol. The largest absolute Gasteiger partial charge is 0.502 e. The first-order valence-electron chi connectivity index (χ1n) is 20.8. The van der Waals surface area contributed by atoms with Crippen LogP contribution in [0, 0.1) is 29.6 Å². The van der Waals surface area contributed by atoms with Crippen molar-refractivity contribution in [3.63, 3.8) is 0 Å². The van der Waals surface area contributed by atoms with Crippen LogP contribution in [0.2, 0.25) is 0 Å². The molecule has 0 spiro atoms. The van der Waals surface area contributed by atoms with Gasteiger partial charge in [0.15, 0.2) is 0 Å². The first-order chi connectivity index (χ1) is 32.5. The highest BCUT2D eigenvalue weighted by Crippen LogP contribution is 2.67. The molecule has 1 aromatic rings. The number of alkyl halides is 21. The van der Waals surface area contributed by atoms with Crippen LogP contribution in [0.25, 0.3) is 6.08 Å². The number of benzene rings is 1. The number of allylic oxidation sites excluding steroid dienone is 2. The summed E-state index contributed by atoms with van der Waals surface area (Å²) >= 11 is 0. The molecule has 1 aromatic carbocycles. The van der Waals surface area contributed by atoms with E-state index in [0.29, 0.717) is 17.9 Å². The fourth-order valence-electron chi connectivity index (χ4n) is 7.98. The third-order valence-electron chi connectivity index (χ3n) is 11.9. The van der Waals surface area contributed by atoms with Gasteiger partial charge in [-0.1, -0.05) is 62.1 Å². The molecule has 3 aliphatic rings. The molecular weight excluding hydrogens is 1040 g/mol. The highest BCUT2D eigenvalue weighted by atomic mass is 19.4. The molecule has 2 amide bonds. The molecule has 0 bridgehead atoms. The zero-order valence-corrected chi connectivity index (χ0v) is 36.5. The summed E-state index contributed by atoms with van der Waals surface area (Å²) in [6.45, 7) is 1.11. The maximum Gasteiger partial charge on any atom is 0.460 e. The van der Waals surface area contributed by atoms with Crippen LogP contribution >= 0.6 is 0 Å². The van der Waals surface area contributed by atoms with Crippen LogP contribution in [0.1, 0.15) is 32.8 Å². The summed E-state index contributed by atoms with van der Waals surface area (Å²) in [6.07, 6.45) is -7.47. The predicted octanol–water partition coefficient (Wildman–Crippen LogP) is 11.4. The lowest BCUT2D eigenvalue weighted by molar-refractivity contribution is -0.475. The Kier molecular flexibility index (Phi) is 19.2. The number of rotatable bonds is 25. The SMILES string of the molecule is C.CCO/C=C\C1CC(/C=C/C2OC(/C=C\c3ccccc3)[C@@H]3C(=O)N(CCOCCOCCOC)C(=O)[C@H]23)CC1C(F)(F)C(F)(F)C(F)(F)C(F)(F)C(F)(F)C(F)(F)C(F)(F)C(F)(F)C(F)(F)C(F)(F)F. The van der Waals surface area contributed by atoms with Crippen LogP contribution in [-0.4, -0.2) is 142 Å². The van der Waals surface area contributed by atoms with Gasteiger partial charge in [-0.3, -0.25) is 14.5 Å². The lowest BCUT2D eigenvalue weighted by Crippen LogP contribution is -2.77. The maximum atomic E-state index is 15.9. The summed E-state index contributed by atoms with van der Waals surface area (Å²) in [5.41, 5.74) is 0.577. The normalized spacial score (nSPS) is 24.6. The van der Waals surface area contributed by atoms with Crippen molar-refractivity contribution in [2.75, 3.05) is 53.3 Å². The number of carbonyl (C=O) groups is 2. The number of imide groups is 1. The van der Waals surface area contributed by atoms with Crippen molar-refractivity contribution in [3.05, 3.63) is 66.5 Å². The fourth-order valence-corrected chi connectivity index (χ4v) is 7.98. The van der Waals surface area contributed by atoms with Crippen molar-refractivity contribution in [2.45, 2.75) is 98.9 Å². The topological polar surface area (TPSA) is 83.5 Å². The minimum atomic E-state index is -9.28. The summed E-state index contributed by atoms with van der Waals surface area (Å²) in [5, 5.41) is 0. The van der Waals surface area contributed by atoms with Crippen LogP contribution in [0.3, 0.4) is 0 Å². The Labute approximate surface area is 396 Å². The van der Waals surface area contributed by atoms with Crippen molar-refractivity contribution >= 4 is 17.9 Å². The molecule has 4 rings (SSSR count). The molecule has 8 nitrogen and oxygen atoms in total. The monoisotopic (exact) mass is 1090 g/mol. The maximum absolute atomic E-state index is 15.9. The van der Waals surface area contributed by atoms with E-state index in [4.69, 9.17) is 23.7 Å². The van der Waals surface area contributed by atoms with E-state index < -0.39 is 126 Å². The Morgan fingerprint density at radius 2 is 1.04 bits per heavy atom. The lowest BCUT2D eigenvalue weighted by atomic mass is 9.80. The van der Waals surface area contributed by atoms with Crippen LogP contribution in [0.4, 0.5) is 92.2 Å². The summed E-state index contributed by atoms with van der Waals surface area (Å²) in [6, 6.07) is 8.24. The number of halogens is 21. The van der Waals surface area contributed by atoms with E-state index in [1.807, 2.05) is 0 Å². The highest BCUT2D eigenvalue weighted by Gasteiger charge is 2.98. The zero-order chi connectivity index (χ0) is 54.0. The minimum Gasteiger partial charge on any atom is -0.502 e. The number of likely N-dealkylation sites (tertiary alicyclic amines) is 1. The molecule has 412 valence electrons. The van der Waals surface area contributed by atoms with Gasteiger partial charge in [-0.2, -0.15) is 92.2 Å². The minimum absolute atomic E-state index is 0. The fraction of sp³-hybridized carbons (Fsp3) is 0.674. The zero-order valence-electron chi connectivity index (χ0n) is 36.5. The van der Waals surface area contributed by atoms with E-state index in [1.165, 1.54) is 26.2 Å². The van der Waals surface area contributed by atoms with Crippen molar-refractivity contribution in [1.82, 2.24) is 4.90 Å². The molecule has 3 fully saturated rings. The number of hydrogen-bond acceptors (Lipinski definition) is 7. The number of carbonyl (C=O) groups excluding carboxylic acids is 2. The Bertz CT molecular complexity index is 2070. The summed E-state index contributed by atoms with van der Waals surface area (Å²) in [4.78, 5) is 28.2. The van der Waals surface area contributed by atoms with Gasteiger partial charge in [0.05, 0.1) is 76.5 Å². The second kappa shape index (κ2) is 22.3. The van der Waals surface area contributed by atoms with Crippen LogP contribution in [0.15, 0.2) is 60.9 Å².